The summed E-state index contributed by atoms with van der Waals surface area (Å²) in [5.74, 6) is -5.00. The molecular formula is C16H18F3N5O. The van der Waals surface area contributed by atoms with Crippen molar-refractivity contribution >= 4 is 11.6 Å². The van der Waals surface area contributed by atoms with Crippen LogP contribution in [-0.4, -0.2) is 50.1 Å². The lowest BCUT2D eigenvalue weighted by molar-refractivity contribution is -0.117. The molecule has 1 aromatic rings. The lowest BCUT2D eigenvalue weighted by atomic mass is 10.2. The highest BCUT2D eigenvalue weighted by Crippen LogP contribution is 2.19. The molecule has 1 saturated heterocycles. The molecule has 0 unspecified atom stereocenters. The van der Waals surface area contributed by atoms with Crippen molar-refractivity contribution in [3.8, 4) is 6.07 Å². The molecule has 9 heteroatoms. The molecule has 1 fully saturated rings. The molecule has 0 radical (unpaired) electrons. The number of nitrogens with zero attached hydrogens (tertiary/aromatic N) is 2. The van der Waals surface area contributed by atoms with Crippen LogP contribution in [-0.2, 0) is 4.79 Å². The minimum Gasteiger partial charge on any atom is -0.358 e. The predicted octanol–water partition coefficient (Wildman–Crippen LogP) is 0.945. The lowest BCUT2D eigenvalue weighted by Gasteiger charge is -2.27. The maximum absolute atomic E-state index is 13.5. The van der Waals surface area contributed by atoms with Crippen LogP contribution >= 0.6 is 0 Å². The quantitative estimate of drug-likeness (QED) is 0.403. The molecule has 1 aliphatic rings. The summed E-state index contributed by atoms with van der Waals surface area (Å²) >= 11 is 0. The van der Waals surface area contributed by atoms with Crippen molar-refractivity contribution in [1.29, 1.82) is 5.26 Å². The molecule has 1 heterocycles. The van der Waals surface area contributed by atoms with Crippen molar-refractivity contribution in [1.82, 2.24) is 15.5 Å². The Morgan fingerprint density at radius 2 is 2.00 bits per heavy atom. The van der Waals surface area contributed by atoms with Crippen LogP contribution in [0.1, 0.15) is 0 Å². The Kier molecular flexibility index (Phi) is 6.80. The molecular weight excluding hydrogens is 335 g/mol. The molecule has 25 heavy (non-hydrogen) atoms. The Morgan fingerprint density at radius 1 is 1.28 bits per heavy atom. The Balaban J connectivity index is 1.89. The van der Waals surface area contributed by atoms with E-state index in [1.165, 1.54) is 0 Å². The molecule has 2 rings (SSSR count). The Labute approximate surface area is 143 Å². The Hall–Kier alpha value is -2.57. The van der Waals surface area contributed by atoms with Gasteiger partial charge in [-0.3, -0.25) is 9.69 Å². The van der Waals surface area contributed by atoms with Gasteiger partial charge in [-0.15, -0.1) is 0 Å². The monoisotopic (exact) mass is 353 g/mol. The number of piperazine rings is 1. The third-order valence-corrected chi connectivity index (χ3v) is 3.70. The minimum atomic E-state index is -1.63. The number of carbonyl (C=O) groups excluding carboxylic acids is 1. The highest BCUT2D eigenvalue weighted by Gasteiger charge is 2.14. The van der Waals surface area contributed by atoms with E-state index in [9.17, 15) is 18.0 Å². The number of carbonyl (C=O) groups is 1. The van der Waals surface area contributed by atoms with E-state index in [0.717, 1.165) is 44.5 Å². The van der Waals surface area contributed by atoms with Gasteiger partial charge in [-0.1, -0.05) is 0 Å². The van der Waals surface area contributed by atoms with Gasteiger partial charge in [-0.05, 0) is 12.1 Å². The topological polar surface area (TPSA) is 80.2 Å². The Morgan fingerprint density at radius 3 is 2.68 bits per heavy atom. The van der Waals surface area contributed by atoms with Gasteiger partial charge in [-0.25, -0.2) is 13.2 Å². The summed E-state index contributed by atoms with van der Waals surface area (Å²) in [4.78, 5) is 14.1. The van der Waals surface area contributed by atoms with Crippen LogP contribution in [0.15, 0.2) is 23.9 Å². The van der Waals surface area contributed by atoms with Gasteiger partial charge >= 0.3 is 0 Å². The number of hydrogen-bond donors (Lipinski definition) is 3. The summed E-state index contributed by atoms with van der Waals surface area (Å²) in [6.45, 7) is 4.55. The number of nitrogens with one attached hydrogen (secondary N) is 3. The fourth-order valence-electron chi connectivity index (χ4n) is 2.29. The molecule has 0 atom stereocenters. The number of benzene rings is 1. The molecule has 134 valence electrons. The predicted molar refractivity (Wildman–Crippen MR) is 86.0 cm³/mol. The highest BCUT2D eigenvalue weighted by atomic mass is 19.2. The molecule has 1 amide bonds. The van der Waals surface area contributed by atoms with Crippen molar-refractivity contribution in [2.45, 2.75) is 0 Å². The number of halogens is 3. The fourth-order valence-corrected chi connectivity index (χ4v) is 2.29. The Bertz CT molecular complexity index is 696. The van der Waals surface area contributed by atoms with Crippen LogP contribution in [0.4, 0.5) is 18.9 Å². The van der Waals surface area contributed by atoms with Crippen LogP contribution in [0.3, 0.4) is 0 Å². The van der Waals surface area contributed by atoms with Crippen molar-refractivity contribution in [3.05, 3.63) is 41.4 Å². The van der Waals surface area contributed by atoms with E-state index in [2.05, 4.69) is 20.9 Å². The van der Waals surface area contributed by atoms with Gasteiger partial charge in [0.05, 0.1) is 5.69 Å². The SMILES string of the molecule is N#C/C(=C/Nc1ccc(F)c(F)c1F)C(=O)NCCN1CCNCC1. The van der Waals surface area contributed by atoms with Crippen molar-refractivity contribution in [3.63, 3.8) is 0 Å². The lowest BCUT2D eigenvalue weighted by Crippen LogP contribution is -2.46. The summed E-state index contributed by atoms with van der Waals surface area (Å²) in [7, 11) is 0. The number of anilines is 1. The first-order valence-corrected chi connectivity index (χ1v) is 7.74. The second kappa shape index (κ2) is 9.05. The van der Waals surface area contributed by atoms with E-state index in [1.807, 2.05) is 0 Å². The standard InChI is InChI=1S/C16H18F3N5O/c17-12-1-2-13(15(19)14(12)18)23-10-11(9-20)16(25)22-5-8-24-6-3-21-4-7-24/h1-2,10,21,23H,3-8H2,(H,22,25)/b11-10-. The van der Waals surface area contributed by atoms with Crippen LogP contribution in [0.25, 0.3) is 0 Å². The summed E-state index contributed by atoms with van der Waals surface area (Å²) in [6.07, 6.45) is 0.954. The minimum absolute atomic E-state index is 0.301. The molecule has 1 aliphatic heterocycles. The number of hydrogen-bond acceptors (Lipinski definition) is 5. The largest absolute Gasteiger partial charge is 0.358 e. The summed E-state index contributed by atoms with van der Waals surface area (Å²) in [5.41, 5.74) is -0.676. The zero-order valence-electron chi connectivity index (χ0n) is 13.4. The van der Waals surface area contributed by atoms with Crippen molar-refractivity contribution in [2.75, 3.05) is 44.6 Å². The first-order valence-electron chi connectivity index (χ1n) is 7.74. The zero-order chi connectivity index (χ0) is 18.2. The summed E-state index contributed by atoms with van der Waals surface area (Å²) < 4.78 is 39.5. The molecule has 0 bridgehead atoms. The normalized spacial score (nSPS) is 15.5. The van der Waals surface area contributed by atoms with Gasteiger partial charge < -0.3 is 16.0 Å². The molecule has 6 nitrogen and oxygen atoms in total. The fraction of sp³-hybridized carbons (Fsp3) is 0.375. The van der Waals surface area contributed by atoms with Crippen LogP contribution in [0, 0.1) is 28.8 Å². The van der Waals surface area contributed by atoms with E-state index in [1.54, 1.807) is 6.07 Å². The van der Waals surface area contributed by atoms with E-state index in [0.29, 0.717) is 13.1 Å². The van der Waals surface area contributed by atoms with E-state index < -0.39 is 23.4 Å². The first kappa shape index (κ1) is 18.8. The van der Waals surface area contributed by atoms with Gasteiger partial charge in [0.1, 0.15) is 11.6 Å². The molecule has 0 saturated carbocycles. The zero-order valence-corrected chi connectivity index (χ0v) is 13.4. The van der Waals surface area contributed by atoms with Crippen LogP contribution < -0.4 is 16.0 Å². The van der Waals surface area contributed by atoms with Gasteiger partial charge in [0, 0.05) is 45.5 Å². The molecule has 0 aromatic heterocycles. The third kappa shape index (κ3) is 5.20. The van der Waals surface area contributed by atoms with Crippen molar-refractivity contribution < 1.29 is 18.0 Å². The van der Waals surface area contributed by atoms with Gasteiger partial charge in [0.15, 0.2) is 17.5 Å². The maximum Gasteiger partial charge on any atom is 0.263 e. The van der Waals surface area contributed by atoms with Gasteiger partial charge in [0.2, 0.25) is 0 Å². The van der Waals surface area contributed by atoms with Crippen LogP contribution in [0.5, 0.6) is 0 Å². The van der Waals surface area contributed by atoms with Crippen molar-refractivity contribution in [2.24, 2.45) is 0 Å². The summed E-state index contributed by atoms with van der Waals surface area (Å²) in [5, 5.41) is 17.1. The van der Waals surface area contributed by atoms with E-state index >= 15 is 0 Å². The number of amides is 1. The average molecular weight is 353 g/mol. The van der Waals surface area contributed by atoms with E-state index in [4.69, 9.17) is 5.26 Å². The first-order chi connectivity index (χ1) is 12.0. The van der Waals surface area contributed by atoms with Gasteiger partial charge in [-0.2, -0.15) is 5.26 Å². The average Bonchev–Trinajstić information content (AvgIpc) is 2.63. The van der Waals surface area contributed by atoms with E-state index in [-0.39, 0.29) is 11.3 Å². The van der Waals surface area contributed by atoms with Crippen LogP contribution in [0.2, 0.25) is 0 Å². The van der Waals surface area contributed by atoms with Gasteiger partial charge in [0.25, 0.3) is 5.91 Å². The third-order valence-electron chi connectivity index (χ3n) is 3.70. The summed E-state index contributed by atoms with van der Waals surface area (Å²) in [6, 6.07) is 3.40. The second-order valence-corrected chi connectivity index (χ2v) is 5.38. The molecule has 1 aromatic carbocycles. The number of rotatable bonds is 6. The highest BCUT2D eigenvalue weighted by molar-refractivity contribution is 5.97. The molecule has 0 spiro atoms. The smallest absolute Gasteiger partial charge is 0.263 e. The maximum atomic E-state index is 13.5. The second-order valence-electron chi connectivity index (χ2n) is 5.38. The molecule has 3 N–H and O–H groups in total. The molecule has 0 aliphatic carbocycles. The number of nitriles is 1.